The first kappa shape index (κ1) is 67.4. The van der Waals surface area contributed by atoms with E-state index in [1.54, 1.807) is 0 Å². The number of hydrogen-bond donors (Lipinski definition) is 0. The topological polar surface area (TPSA) is 78.9 Å². The minimum atomic E-state index is -0.764. The summed E-state index contributed by atoms with van der Waals surface area (Å²) in [5.74, 6) is 1.71. The number of unbranched alkanes of at least 4 members (excludes halogenated alkanes) is 38. The van der Waals surface area contributed by atoms with Gasteiger partial charge in [0.15, 0.2) is 6.10 Å². The summed E-state index contributed by atoms with van der Waals surface area (Å²) in [6.45, 7) is 13.8. The number of carbonyl (C=O) groups excluding carboxylic acids is 3. The molecular formula is C63H122O6. The lowest BCUT2D eigenvalue weighted by Gasteiger charge is -2.18. The predicted molar refractivity (Wildman–Crippen MR) is 298 cm³/mol. The Bertz CT molecular complexity index is 1070. The maximum absolute atomic E-state index is 12.9. The maximum Gasteiger partial charge on any atom is 0.306 e. The van der Waals surface area contributed by atoms with Gasteiger partial charge in [-0.3, -0.25) is 14.4 Å². The van der Waals surface area contributed by atoms with E-state index >= 15 is 0 Å². The largest absolute Gasteiger partial charge is 0.462 e. The molecule has 0 N–H and O–H groups in total. The van der Waals surface area contributed by atoms with Crippen LogP contribution in [0.1, 0.15) is 350 Å². The second-order valence-electron chi connectivity index (χ2n) is 22.9. The van der Waals surface area contributed by atoms with Crippen molar-refractivity contribution in [2.45, 2.75) is 356 Å². The lowest BCUT2D eigenvalue weighted by Crippen LogP contribution is -2.30. The van der Waals surface area contributed by atoms with E-state index in [1.807, 2.05) is 0 Å². The fourth-order valence-electron chi connectivity index (χ4n) is 9.67. The smallest absolute Gasteiger partial charge is 0.306 e. The molecule has 1 unspecified atom stereocenters. The predicted octanol–water partition coefficient (Wildman–Crippen LogP) is 20.7. The van der Waals surface area contributed by atoms with E-state index < -0.39 is 6.10 Å². The van der Waals surface area contributed by atoms with E-state index in [1.165, 1.54) is 231 Å². The monoisotopic (exact) mass is 975 g/mol. The molecule has 0 fully saturated rings. The summed E-state index contributed by atoms with van der Waals surface area (Å²) in [7, 11) is 0. The molecule has 0 aromatic rings. The van der Waals surface area contributed by atoms with Gasteiger partial charge in [-0.1, -0.05) is 311 Å². The van der Waals surface area contributed by atoms with Gasteiger partial charge in [0.05, 0.1) is 0 Å². The fourth-order valence-corrected chi connectivity index (χ4v) is 9.67. The SMILES string of the molecule is CCC(C)CCCCCCCCCCC(=O)OC[C@@H](COC(=O)CCCCCCCCCCCCCCCCCCCCC(C)C)OC(=O)CCCCCCCCCCCCCCCCCC(C)C. The van der Waals surface area contributed by atoms with Crippen molar-refractivity contribution in [1.82, 2.24) is 0 Å². The summed E-state index contributed by atoms with van der Waals surface area (Å²) in [4.78, 5) is 38.2. The molecule has 0 radical (unpaired) electrons. The molecule has 0 heterocycles. The third-order valence-electron chi connectivity index (χ3n) is 14.8. The van der Waals surface area contributed by atoms with Gasteiger partial charge in [0.1, 0.15) is 13.2 Å². The molecule has 0 saturated heterocycles. The Morgan fingerprint density at radius 2 is 0.507 bits per heavy atom. The molecule has 69 heavy (non-hydrogen) atoms. The van der Waals surface area contributed by atoms with Gasteiger partial charge in [0.2, 0.25) is 0 Å². The standard InChI is InChI=1S/C63H122O6/c1-7-59(6)51-45-39-33-29-30-35-41-47-53-62(65)68-56-60(69-63(66)54-48-42-36-28-24-20-16-12-14-18-22-26-32-38-44-50-58(4)5)55-67-61(64)52-46-40-34-27-23-19-15-11-9-8-10-13-17-21-25-31-37-43-49-57(2)3/h57-60H,7-56H2,1-6H3/t59?,60-/m1/s1. The van der Waals surface area contributed by atoms with E-state index in [9.17, 15) is 14.4 Å². The minimum absolute atomic E-state index is 0.0632. The molecular weight excluding hydrogens is 853 g/mol. The summed E-state index contributed by atoms with van der Waals surface area (Å²) in [6.07, 6.45) is 58.2. The maximum atomic E-state index is 12.9. The van der Waals surface area contributed by atoms with E-state index in [2.05, 4.69) is 41.5 Å². The lowest BCUT2D eigenvalue weighted by molar-refractivity contribution is -0.167. The van der Waals surface area contributed by atoms with Crippen LogP contribution in [0.3, 0.4) is 0 Å². The second kappa shape index (κ2) is 54.2. The highest BCUT2D eigenvalue weighted by Gasteiger charge is 2.19. The van der Waals surface area contributed by atoms with Crippen molar-refractivity contribution in [2.24, 2.45) is 17.8 Å². The highest BCUT2D eigenvalue weighted by molar-refractivity contribution is 5.71. The zero-order chi connectivity index (χ0) is 50.5. The number of ether oxygens (including phenoxy) is 3. The van der Waals surface area contributed by atoms with Crippen molar-refractivity contribution in [3.8, 4) is 0 Å². The van der Waals surface area contributed by atoms with Crippen molar-refractivity contribution in [3.05, 3.63) is 0 Å². The van der Waals surface area contributed by atoms with Gasteiger partial charge in [0, 0.05) is 19.3 Å². The van der Waals surface area contributed by atoms with Gasteiger partial charge >= 0.3 is 17.9 Å². The van der Waals surface area contributed by atoms with E-state index in [0.717, 1.165) is 75.5 Å². The van der Waals surface area contributed by atoms with Gasteiger partial charge in [-0.05, 0) is 37.0 Å². The molecule has 410 valence electrons. The molecule has 0 bridgehead atoms. The van der Waals surface area contributed by atoms with Crippen molar-refractivity contribution < 1.29 is 28.6 Å². The van der Waals surface area contributed by atoms with Crippen LogP contribution in [0.25, 0.3) is 0 Å². The van der Waals surface area contributed by atoms with Crippen LogP contribution in [0.4, 0.5) is 0 Å². The summed E-state index contributed by atoms with van der Waals surface area (Å²) in [5, 5.41) is 0. The van der Waals surface area contributed by atoms with Crippen LogP contribution in [-0.4, -0.2) is 37.2 Å². The minimum Gasteiger partial charge on any atom is -0.462 e. The molecule has 0 aliphatic carbocycles. The molecule has 0 saturated carbocycles. The highest BCUT2D eigenvalue weighted by Crippen LogP contribution is 2.19. The van der Waals surface area contributed by atoms with Gasteiger partial charge in [-0.15, -0.1) is 0 Å². The number of carbonyl (C=O) groups is 3. The third-order valence-corrected chi connectivity index (χ3v) is 14.8. The van der Waals surface area contributed by atoms with Crippen LogP contribution >= 0.6 is 0 Å². The Morgan fingerprint density at radius 1 is 0.290 bits per heavy atom. The van der Waals surface area contributed by atoms with Crippen LogP contribution < -0.4 is 0 Å². The average molecular weight is 976 g/mol. The van der Waals surface area contributed by atoms with Crippen molar-refractivity contribution >= 4 is 17.9 Å². The molecule has 0 rings (SSSR count). The molecule has 0 aromatic carbocycles. The first-order chi connectivity index (χ1) is 33.6. The summed E-state index contributed by atoms with van der Waals surface area (Å²) >= 11 is 0. The van der Waals surface area contributed by atoms with E-state index in [-0.39, 0.29) is 31.1 Å². The van der Waals surface area contributed by atoms with Gasteiger partial charge in [-0.2, -0.15) is 0 Å². The second-order valence-corrected chi connectivity index (χ2v) is 22.9. The van der Waals surface area contributed by atoms with E-state index in [0.29, 0.717) is 19.3 Å². The summed E-state index contributed by atoms with van der Waals surface area (Å²) in [6, 6.07) is 0. The summed E-state index contributed by atoms with van der Waals surface area (Å²) in [5.41, 5.74) is 0. The zero-order valence-electron chi connectivity index (χ0n) is 47.6. The van der Waals surface area contributed by atoms with Crippen molar-refractivity contribution in [3.63, 3.8) is 0 Å². The van der Waals surface area contributed by atoms with Gasteiger partial charge in [0.25, 0.3) is 0 Å². The Balaban J connectivity index is 4.25. The van der Waals surface area contributed by atoms with Crippen LogP contribution in [0.15, 0.2) is 0 Å². The average Bonchev–Trinajstić information content (AvgIpc) is 3.32. The Hall–Kier alpha value is -1.59. The van der Waals surface area contributed by atoms with Crippen molar-refractivity contribution in [2.75, 3.05) is 13.2 Å². The first-order valence-electron chi connectivity index (χ1n) is 31.1. The molecule has 0 aromatic heterocycles. The van der Waals surface area contributed by atoms with Crippen molar-refractivity contribution in [1.29, 1.82) is 0 Å². The number of rotatable bonds is 56. The molecule has 0 spiro atoms. The fraction of sp³-hybridized carbons (Fsp3) is 0.952. The molecule has 6 heteroatoms. The number of hydrogen-bond acceptors (Lipinski definition) is 6. The quantitative estimate of drug-likeness (QED) is 0.0343. The van der Waals surface area contributed by atoms with Crippen LogP contribution in [-0.2, 0) is 28.6 Å². The molecule has 6 nitrogen and oxygen atoms in total. The van der Waals surface area contributed by atoms with E-state index in [4.69, 9.17) is 14.2 Å². The van der Waals surface area contributed by atoms with Gasteiger partial charge in [-0.25, -0.2) is 0 Å². The Labute approximate surface area is 431 Å². The van der Waals surface area contributed by atoms with Gasteiger partial charge < -0.3 is 14.2 Å². The molecule has 2 atom stereocenters. The van der Waals surface area contributed by atoms with Crippen LogP contribution in [0, 0.1) is 17.8 Å². The first-order valence-corrected chi connectivity index (χ1v) is 31.1. The molecule has 0 aliphatic heterocycles. The molecule has 0 aliphatic rings. The highest BCUT2D eigenvalue weighted by atomic mass is 16.6. The van der Waals surface area contributed by atoms with Crippen LogP contribution in [0.5, 0.6) is 0 Å². The Kier molecular flexibility index (Phi) is 52.9. The summed E-state index contributed by atoms with van der Waals surface area (Å²) < 4.78 is 16.9. The molecule has 0 amide bonds. The number of esters is 3. The normalized spacial score (nSPS) is 12.5. The lowest BCUT2D eigenvalue weighted by atomic mass is 9.99. The third kappa shape index (κ3) is 55.6. The van der Waals surface area contributed by atoms with Crippen LogP contribution in [0.2, 0.25) is 0 Å². The Morgan fingerprint density at radius 3 is 0.754 bits per heavy atom. The zero-order valence-corrected chi connectivity index (χ0v) is 47.6.